The van der Waals surface area contributed by atoms with Gasteiger partial charge >= 0.3 is 0 Å². The Morgan fingerprint density at radius 2 is 1.91 bits per heavy atom. The van der Waals surface area contributed by atoms with E-state index in [1.54, 1.807) is 17.3 Å². The number of hydrogen-bond donors (Lipinski definition) is 2. The predicted octanol–water partition coefficient (Wildman–Crippen LogP) is 1.76. The fourth-order valence-electron chi connectivity index (χ4n) is 4.97. The van der Waals surface area contributed by atoms with Crippen LogP contribution in [0.25, 0.3) is 0 Å². The molecule has 0 radical (unpaired) electrons. The Kier molecular flexibility index (Phi) is 6.11. The Morgan fingerprint density at radius 3 is 2.64 bits per heavy atom. The highest BCUT2D eigenvalue weighted by molar-refractivity contribution is 9.10. The van der Waals surface area contributed by atoms with E-state index in [1.165, 1.54) is 0 Å². The van der Waals surface area contributed by atoms with Gasteiger partial charge in [-0.1, -0.05) is 18.2 Å². The predicted molar refractivity (Wildman–Crippen MR) is 124 cm³/mol. The van der Waals surface area contributed by atoms with E-state index in [2.05, 4.69) is 41.4 Å². The molecule has 3 amide bonds. The smallest absolute Gasteiger partial charge is 0.255 e. The number of amides is 3. The van der Waals surface area contributed by atoms with Gasteiger partial charge in [-0.25, -0.2) is 9.97 Å². The number of fused-ring (bicyclic) bond motifs is 1. The zero-order valence-electron chi connectivity index (χ0n) is 18.1. The number of anilines is 1. The van der Waals surface area contributed by atoms with E-state index < -0.39 is 11.9 Å². The molecule has 172 valence electrons. The molecule has 5 rings (SSSR count). The minimum Gasteiger partial charge on any atom is -0.348 e. The summed E-state index contributed by atoms with van der Waals surface area (Å²) in [5.74, 6) is -0.0535. The Bertz CT molecular complexity index is 1090. The maximum absolute atomic E-state index is 13.5. The zero-order valence-corrected chi connectivity index (χ0v) is 19.7. The van der Waals surface area contributed by atoms with Crippen molar-refractivity contribution < 1.29 is 14.4 Å². The summed E-state index contributed by atoms with van der Waals surface area (Å²) in [6.07, 6.45) is 6.00. The van der Waals surface area contributed by atoms with E-state index >= 15 is 0 Å². The number of nitrogens with one attached hydrogen (secondary N) is 2. The van der Waals surface area contributed by atoms with Crippen molar-refractivity contribution in [1.29, 1.82) is 0 Å². The lowest BCUT2D eigenvalue weighted by Gasteiger charge is -2.36. The second-order valence-electron chi connectivity index (χ2n) is 8.66. The molecule has 4 heterocycles. The first-order valence-corrected chi connectivity index (χ1v) is 12.0. The normalized spacial score (nSPS) is 21.2. The molecule has 0 bridgehead atoms. The molecule has 0 saturated carbocycles. The van der Waals surface area contributed by atoms with E-state index in [9.17, 15) is 14.4 Å². The first-order chi connectivity index (χ1) is 16.0. The van der Waals surface area contributed by atoms with Gasteiger partial charge < -0.3 is 15.1 Å². The van der Waals surface area contributed by atoms with Crippen molar-refractivity contribution in [1.82, 2.24) is 25.5 Å². The van der Waals surface area contributed by atoms with E-state index in [-0.39, 0.29) is 24.3 Å². The van der Waals surface area contributed by atoms with Crippen LogP contribution in [0.15, 0.2) is 35.2 Å². The number of carbonyl (C=O) groups is 3. The van der Waals surface area contributed by atoms with Crippen molar-refractivity contribution >= 4 is 39.5 Å². The van der Waals surface area contributed by atoms with Gasteiger partial charge in [-0.15, -0.1) is 0 Å². The minimum absolute atomic E-state index is 0.151. The van der Waals surface area contributed by atoms with Crippen molar-refractivity contribution in [2.24, 2.45) is 0 Å². The van der Waals surface area contributed by atoms with Gasteiger partial charge in [0.2, 0.25) is 11.8 Å². The highest BCUT2D eigenvalue weighted by Gasteiger charge is 2.40. The van der Waals surface area contributed by atoms with Crippen LogP contribution in [-0.2, 0) is 22.7 Å². The van der Waals surface area contributed by atoms with Gasteiger partial charge in [0.25, 0.3) is 5.91 Å². The van der Waals surface area contributed by atoms with Crippen LogP contribution in [0.5, 0.6) is 0 Å². The molecule has 0 aliphatic carbocycles. The highest BCUT2D eigenvalue weighted by Crippen LogP contribution is 2.32. The summed E-state index contributed by atoms with van der Waals surface area (Å²) in [6.45, 7) is 2.76. The van der Waals surface area contributed by atoms with Crippen LogP contribution in [0.4, 0.5) is 5.82 Å². The second-order valence-corrected chi connectivity index (χ2v) is 9.47. The van der Waals surface area contributed by atoms with Crippen LogP contribution in [0.1, 0.15) is 47.2 Å². The van der Waals surface area contributed by atoms with Crippen LogP contribution >= 0.6 is 15.9 Å². The third kappa shape index (κ3) is 4.37. The summed E-state index contributed by atoms with van der Waals surface area (Å²) in [5, 5.41) is 5.76. The number of piperidine rings is 2. The maximum atomic E-state index is 13.5. The molecule has 10 heteroatoms. The standard InChI is InChI=1S/C23H25BrN6O3/c24-18-10-27-19(11-26-18)29(16-6-8-25-9-7-16)12-14-2-1-3-15-13-30(23(33)21(14)15)17-4-5-20(31)28-22(17)32/h1-3,10-11,16-17,25H,4-9,12-13H2,(H,28,31,32). The van der Waals surface area contributed by atoms with Gasteiger partial charge in [-0.2, -0.15) is 0 Å². The number of aromatic nitrogens is 2. The fraction of sp³-hybridized carbons (Fsp3) is 0.435. The van der Waals surface area contributed by atoms with Crippen LogP contribution < -0.4 is 15.5 Å². The minimum atomic E-state index is -0.617. The topological polar surface area (TPSA) is 108 Å². The first-order valence-electron chi connectivity index (χ1n) is 11.2. The maximum Gasteiger partial charge on any atom is 0.255 e. The number of rotatable bonds is 5. The molecule has 33 heavy (non-hydrogen) atoms. The third-order valence-electron chi connectivity index (χ3n) is 6.63. The lowest BCUT2D eigenvalue weighted by Crippen LogP contribution is -2.52. The molecule has 0 spiro atoms. The summed E-state index contributed by atoms with van der Waals surface area (Å²) in [7, 11) is 0. The van der Waals surface area contributed by atoms with E-state index in [4.69, 9.17) is 0 Å². The lowest BCUT2D eigenvalue weighted by atomic mass is 9.99. The second kappa shape index (κ2) is 9.18. The van der Waals surface area contributed by atoms with Crippen molar-refractivity contribution in [3.05, 3.63) is 51.9 Å². The molecule has 2 saturated heterocycles. The molecular formula is C23H25BrN6O3. The number of carbonyl (C=O) groups excluding carboxylic acids is 3. The third-order valence-corrected chi connectivity index (χ3v) is 7.04. The quantitative estimate of drug-likeness (QED) is 0.587. The fourth-order valence-corrected chi connectivity index (χ4v) is 5.18. The van der Waals surface area contributed by atoms with Gasteiger partial charge in [-0.3, -0.25) is 19.7 Å². The largest absolute Gasteiger partial charge is 0.348 e. The summed E-state index contributed by atoms with van der Waals surface area (Å²) in [4.78, 5) is 50.2. The number of benzene rings is 1. The summed E-state index contributed by atoms with van der Waals surface area (Å²) < 4.78 is 0.673. The molecule has 3 aliphatic rings. The van der Waals surface area contributed by atoms with Crippen molar-refractivity contribution in [2.45, 2.75) is 50.9 Å². The zero-order chi connectivity index (χ0) is 22.9. The summed E-state index contributed by atoms with van der Waals surface area (Å²) in [5.41, 5.74) is 2.48. The van der Waals surface area contributed by atoms with Crippen molar-refractivity contribution in [3.8, 4) is 0 Å². The first kappa shape index (κ1) is 22.0. The van der Waals surface area contributed by atoms with Crippen molar-refractivity contribution in [2.75, 3.05) is 18.0 Å². The van der Waals surface area contributed by atoms with Gasteiger partial charge in [-0.05, 0) is 59.4 Å². The molecule has 1 atom stereocenters. The Balaban J connectivity index is 1.44. The molecule has 1 aromatic heterocycles. The number of halogens is 1. The van der Waals surface area contributed by atoms with Crippen LogP contribution in [-0.4, -0.2) is 57.8 Å². The van der Waals surface area contributed by atoms with Crippen molar-refractivity contribution in [3.63, 3.8) is 0 Å². The van der Waals surface area contributed by atoms with Gasteiger partial charge in [0.05, 0.1) is 12.4 Å². The van der Waals surface area contributed by atoms with Gasteiger partial charge in [0, 0.05) is 31.1 Å². The summed E-state index contributed by atoms with van der Waals surface area (Å²) in [6, 6.07) is 5.54. The molecule has 3 aliphatic heterocycles. The summed E-state index contributed by atoms with van der Waals surface area (Å²) >= 11 is 3.35. The number of imide groups is 1. The van der Waals surface area contributed by atoms with Gasteiger partial charge in [0.1, 0.15) is 16.5 Å². The Hall–Kier alpha value is -2.85. The van der Waals surface area contributed by atoms with E-state index in [0.29, 0.717) is 29.7 Å². The number of hydrogen-bond acceptors (Lipinski definition) is 7. The lowest BCUT2D eigenvalue weighted by molar-refractivity contribution is -0.136. The average Bonchev–Trinajstić information content (AvgIpc) is 3.16. The molecule has 1 aromatic carbocycles. The Morgan fingerprint density at radius 1 is 1.09 bits per heavy atom. The Labute approximate surface area is 200 Å². The van der Waals surface area contributed by atoms with Crippen LogP contribution in [0, 0.1) is 0 Å². The van der Waals surface area contributed by atoms with Crippen LogP contribution in [0.2, 0.25) is 0 Å². The average molecular weight is 513 g/mol. The number of nitrogens with zero attached hydrogens (tertiary/aromatic N) is 4. The SMILES string of the molecule is O=C1CCC(N2Cc3cccc(CN(c4cnc(Br)cn4)C4CCNCC4)c3C2=O)C(=O)N1. The van der Waals surface area contributed by atoms with E-state index in [0.717, 1.165) is 42.9 Å². The molecular weight excluding hydrogens is 488 g/mol. The molecule has 2 fully saturated rings. The van der Waals surface area contributed by atoms with Gasteiger partial charge in [0.15, 0.2) is 0 Å². The van der Waals surface area contributed by atoms with E-state index in [1.807, 2.05) is 18.2 Å². The molecule has 9 nitrogen and oxygen atoms in total. The molecule has 2 aromatic rings. The molecule has 1 unspecified atom stereocenters. The van der Waals surface area contributed by atoms with Crippen LogP contribution in [0.3, 0.4) is 0 Å². The molecule has 2 N–H and O–H groups in total. The monoisotopic (exact) mass is 512 g/mol. The highest BCUT2D eigenvalue weighted by atomic mass is 79.9.